The van der Waals surface area contributed by atoms with E-state index < -0.39 is 0 Å². The van der Waals surface area contributed by atoms with Crippen molar-refractivity contribution in [3.05, 3.63) is 84.4 Å². The molecule has 134 valence electrons. The second kappa shape index (κ2) is 7.74. The van der Waals surface area contributed by atoms with Crippen molar-refractivity contribution in [3.63, 3.8) is 0 Å². The highest BCUT2D eigenvalue weighted by Crippen LogP contribution is 2.30. The number of anilines is 2. The highest BCUT2D eigenvalue weighted by Gasteiger charge is 2.23. The Labute approximate surface area is 155 Å². The number of ether oxygens (including phenoxy) is 1. The molecule has 3 aromatic rings. The van der Waals surface area contributed by atoms with Gasteiger partial charge >= 0.3 is 0 Å². The van der Waals surface area contributed by atoms with Gasteiger partial charge in [-0.2, -0.15) is 5.26 Å². The van der Waals surface area contributed by atoms with Crippen molar-refractivity contribution in [1.29, 1.82) is 5.26 Å². The minimum Gasteiger partial charge on any atom is -0.456 e. The first-order valence-electron chi connectivity index (χ1n) is 8.03. The SMILES string of the molecule is N#Cc1cc(N2ONON(c3ccccc3)O2)ccc1Oc1ccccc1. The first-order chi connectivity index (χ1) is 13.3. The molecular weight excluding hydrogens is 348 g/mol. The summed E-state index contributed by atoms with van der Waals surface area (Å²) in [4.78, 5) is 15.7. The van der Waals surface area contributed by atoms with Crippen LogP contribution in [0.2, 0.25) is 0 Å². The van der Waals surface area contributed by atoms with Crippen molar-refractivity contribution in [2.45, 2.75) is 0 Å². The Morgan fingerprint density at radius 2 is 1.48 bits per heavy atom. The van der Waals surface area contributed by atoms with E-state index in [-0.39, 0.29) is 0 Å². The van der Waals surface area contributed by atoms with Gasteiger partial charge in [0.15, 0.2) is 0 Å². The lowest BCUT2D eigenvalue weighted by molar-refractivity contribution is -0.354. The summed E-state index contributed by atoms with van der Waals surface area (Å²) in [5.41, 5.74) is 3.71. The quantitative estimate of drug-likeness (QED) is 0.751. The summed E-state index contributed by atoms with van der Waals surface area (Å²) in [5, 5.41) is 11.7. The lowest BCUT2D eigenvalue weighted by Crippen LogP contribution is -2.48. The van der Waals surface area contributed by atoms with Gasteiger partial charge in [-0.25, -0.2) is 0 Å². The van der Waals surface area contributed by atoms with Gasteiger partial charge in [0.2, 0.25) is 0 Å². The smallest absolute Gasteiger partial charge is 0.145 e. The maximum Gasteiger partial charge on any atom is 0.145 e. The van der Waals surface area contributed by atoms with Crippen LogP contribution in [0.5, 0.6) is 11.5 Å². The predicted molar refractivity (Wildman–Crippen MR) is 95.5 cm³/mol. The van der Waals surface area contributed by atoms with Gasteiger partial charge in [-0.3, -0.25) is 0 Å². The van der Waals surface area contributed by atoms with Crippen LogP contribution in [0.3, 0.4) is 0 Å². The molecule has 0 amide bonds. The van der Waals surface area contributed by atoms with Gasteiger partial charge in [0.1, 0.15) is 23.3 Å². The Balaban J connectivity index is 1.54. The number of nitriles is 1. The zero-order valence-electron chi connectivity index (χ0n) is 14.0. The van der Waals surface area contributed by atoms with Crippen LogP contribution in [0, 0.1) is 11.3 Å². The molecule has 0 atom stereocenters. The lowest BCUT2D eigenvalue weighted by atomic mass is 10.2. The number of para-hydroxylation sites is 2. The first-order valence-corrected chi connectivity index (χ1v) is 8.03. The van der Waals surface area contributed by atoms with Crippen molar-refractivity contribution in [3.8, 4) is 17.6 Å². The molecule has 0 aromatic heterocycles. The average molecular weight is 362 g/mol. The van der Waals surface area contributed by atoms with E-state index in [0.29, 0.717) is 28.4 Å². The molecule has 4 rings (SSSR count). The molecule has 1 N–H and O–H groups in total. The van der Waals surface area contributed by atoms with Crippen molar-refractivity contribution in [2.24, 2.45) is 0 Å². The number of hydrogen-bond donors (Lipinski definition) is 1. The molecule has 1 fully saturated rings. The third kappa shape index (κ3) is 3.82. The van der Waals surface area contributed by atoms with Gasteiger partial charge in [0, 0.05) is 0 Å². The molecule has 1 aliphatic heterocycles. The van der Waals surface area contributed by atoms with E-state index in [2.05, 4.69) is 11.7 Å². The summed E-state index contributed by atoms with van der Waals surface area (Å²) >= 11 is 0. The van der Waals surface area contributed by atoms with Crippen LogP contribution in [0.4, 0.5) is 11.4 Å². The van der Waals surface area contributed by atoms with Gasteiger partial charge in [0.25, 0.3) is 0 Å². The normalized spacial score (nSPS) is 13.9. The lowest BCUT2D eigenvalue weighted by Gasteiger charge is -2.32. The molecule has 0 bridgehead atoms. The molecule has 1 aliphatic rings. The molecule has 1 saturated heterocycles. The summed E-state index contributed by atoms with van der Waals surface area (Å²) in [5.74, 6) is 1.06. The number of nitrogens with zero attached hydrogens (tertiary/aromatic N) is 3. The summed E-state index contributed by atoms with van der Waals surface area (Å²) in [6, 6.07) is 25.4. The fourth-order valence-corrected chi connectivity index (χ4v) is 2.36. The zero-order valence-corrected chi connectivity index (χ0v) is 14.0. The summed E-state index contributed by atoms with van der Waals surface area (Å²) < 4.78 is 5.76. The second-order valence-electron chi connectivity index (χ2n) is 5.40. The molecule has 1 heterocycles. The summed E-state index contributed by atoms with van der Waals surface area (Å²) in [6.07, 6.45) is 0. The second-order valence-corrected chi connectivity index (χ2v) is 5.40. The van der Waals surface area contributed by atoms with Crippen molar-refractivity contribution < 1.29 is 19.6 Å². The van der Waals surface area contributed by atoms with E-state index in [1.165, 1.54) is 0 Å². The zero-order chi connectivity index (χ0) is 18.5. The van der Waals surface area contributed by atoms with E-state index in [0.717, 1.165) is 10.5 Å². The minimum absolute atomic E-state index is 0.321. The monoisotopic (exact) mass is 362 g/mol. The van der Waals surface area contributed by atoms with E-state index in [9.17, 15) is 5.26 Å². The molecule has 27 heavy (non-hydrogen) atoms. The maximum absolute atomic E-state index is 9.47. The molecule has 0 saturated carbocycles. The van der Waals surface area contributed by atoms with E-state index in [1.807, 2.05) is 48.5 Å². The average Bonchev–Trinajstić information content (AvgIpc) is 2.75. The predicted octanol–water partition coefficient (Wildman–Crippen LogP) is 3.81. The van der Waals surface area contributed by atoms with Crippen molar-refractivity contribution in [1.82, 2.24) is 5.64 Å². The van der Waals surface area contributed by atoms with Crippen LogP contribution in [0.15, 0.2) is 78.9 Å². The number of benzene rings is 3. The topological polar surface area (TPSA) is 79.2 Å². The minimum atomic E-state index is 0.321. The number of nitrogens with one attached hydrogen (secondary N) is 1. The standard InChI is InChI=1S/C19H14N4O4/c20-14-15-13-17(11-12-19(15)24-18-9-5-2-6-10-18)23-26-21-25-22(27-23)16-7-3-1-4-8-16/h1-13,21H. The molecular formula is C19H14N4O4. The van der Waals surface area contributed by atoms with Gasteiger partial charge in [0.05, 0.1) is 11.3 Å². The number of rotatable bonds is 4. The van der Waals surface area contributed by atoms with Gasteiger partial charge < -0.3 is 4.74 Å². The van der Waals surface area contributed by atoms with Crippen LogP contribution < -0.4 is 20.8 Å². The Bertz CT molecular complexity index is 947. The Morgan fingerprint density at radius 1 is 0.815 bits per heavy atom. The van der Waals surface area contributed by atoms with Crippen LogP contribution in [-0.4, -0.2) is 0 Å². The first kappa shape index (κ1) is 16.8. The molecule has 8 heteroatoms. The Hall–Kier alpha value is -3.61. The van der Waals surface area contributed by atoms with Crippen molar-refractivity contribution in [2.75, 3.05) is 10.5 Å². The third-order valence-corrected chi connectivity index (χ3v) is 3.62. The van der Waals surface area contributed by atoms with Gasteiger partial charge in [-0.15, -0.1) is 9.88 Å². The molecule has 0 spiro atoms. The highest BCUT2D eigenvalue weighted by atomic mass is 17.3. The largest absolute Gasteiger partial charge is 0.456 e. The molecule has 0 unspecified atom stereocenters. The number of hydrogen-bond acceptors (Lipinski definition) is 8. The fourth-order valence-electron chi connectivity index (χ4n) is 2.36. The van der Waals surface area contributed by atoms with E-state index in [1.54, 1.807) is 30.3 Å². The van der Waals surface area contributed by atoms with Crippen LogP contribution in [0.25, 0.3) is 0 Å². The third-order valence-electron chi connectivity index (χ3n) is 3.62. The summed E-state index contributed by atoms with van der Waals surface area (Å²) in [6.45, 7) is 0. The van der Waals surface area contributed by atoms with Crippen molar-refractivity contribution >= 4 is 11.4 Å². The fraction of sp³-hybridized carbons (Fsp3) is 0. The Kier molecular flexibility index (Phi) is 4.82. The maximum atomic E-state index is 9.47. The van der Waals surface area contributed by atoms with E-state index in [4.69, 9.17) is 19.6 Å². The van der Waals surface area contributed by atoms with Crippen LogP contribution in [0.1, 0.15) is 5.56 Å². The van der Waals surface area contributed by atoms with Crippen LogP contribution >= 0.6 is 0 Å². The molecule has 0 aliphatic carbocycles. The Morgan fingerprint density at radius 3 is 2.19 bits per heavy atom. The van der Waals surface area contributed by atoms with Gasteiger partial charge in [-0.1, -0.05) is 51.8 Å². The molecule has 8 nitrogen and oxygen atoms in total. The highest BCUT2D eigenvalue weighted by molar-refractivity contribution is 5.56. The molecule has 3 aromatic carbocycles. The summed E-state index contributed by atoms with van der Waals surface area (Å²) in [7, 11) is 0. The van der Waals surface area contributed by atoms with E-state index >= 15 is 0 Å². The van der Waals surface area contributed by atoms with Gasteiger partial charge in [-0.05, 0) is 48.1 Å². The van der Waals surface area contributed by atoms with Crippen LogP contribution in [-0.2, 0) is 14.8 Å². The molecule has 0 radical (unpaired) electrons.